The van der Waals surface area contributed by atoms with Crippen molar-refractivity contribution in [2.24, 2.45) is 17.8 Å². The van der Waals surface area contributed by atoms with Crippen LogP contribution in [0.15, 0.2) is 12.1 Å². The maximum atomic E-state index is 12.6. The van der Waals surface area contributed by atoms with Gasteiger partial charge in [-0.05, 0) is 82.3 Å². The molecule has 1 amide bonds. The highest BCUT2D eigenvalue weighted by atomic mass is 35.5. The largest absolute Gasteiger partial charge is 0.493 e. The van der Waals surface area contributed by atoms with Crippen molar-refractivity contribution in [3.8, 4) is 11.5 Å². The number of ether oxygens (including phenoxy) is 3. The molecule has 6 nitrogen and oxygen atoms in total. The van der Waals surface area contributed by atoms with Crippen molar-refractivity contribution in [3.05, 3.63) is 22.7 Å². The molecule has 0 aromatic heterocycles. The van der Waals surface area contributed by atoms with E-state index in [1.807, 2.05) is 13.8 Å². The number of esters is 1. The topological polar surface area (TPSA) is 73.9 Å². The van der Waals surface area contributed by atoms with Gasteiger partial charge in [0.1, 0.15) is 0 Å². The minimum atomic E-state index is -0.619. The Balaban J connectivity index is 1.36. The number of nitrogens with one attached hydrogen (secondary N) is 1. The first-order chi connectivity index (χ1) is 14.3. The van der Waals surface area contributed by atoms with Gasteiger partial charge in [-0.15, -0.1) is 0 Å². The van der Waals surface area contributed by atoms with Crippen molar-refractivity contribution in [1.82, 2.24) is 5.32 Å². The summed E-state index contributed by atoms with van der Waals surface area (Å²) in [5, 5.41) is 3.47. The molecule has 0 heterocycles. The number of rotatable bonds is 7. The van der Waals surface area contributed by atoms with E-state index in [2.05, 4.69) is 5.32 Å². The van der Waals surface area contributed by atoms with Gasteiger partial charge in [0.2, 0.25) is 0 Å². The molecule has 4 saturated carbocycles. The Morgan fingerprint density at radius 1 is 1.13 bits per heavy atom. The lowest BCUT2D eigenvalue weighted by molar-refractivity contribution is -0.130. The standard InChI is InChI=1S/C23H30ClNO5/c1-13(2)30-21-18(24)7-17(8-19(21)28-3)22(27)29-12-20(26)25-23-9-14-4-15(10-23)6-16(5-14)11-23/h7-8,13-16H,4-6,9-12H2,1-3H3,(H,25,26). The maximum Gasteiger partial charge on any atom is 0.338 e. The Morgan fingerprint density at radius 3 is 2.27 bits per heavy atom. The molecule has 7 heteroatoms. The maximum absolute atomic E-state index is 12.6. The summed E-state index contributed by atoms with van der Waals surface area (Å²) in [4.78, 5) is 25.1. The van der Waals surface area contributed by atoms with Gasteiger partial charge in [0, 0.05) is 5.54 Å². The number of carbonyl (C=O) groups is 2. The van der Waals surface area contributed by atoms with Crippen LogP contribution in [0, 0.1) is 17.8 Å². The van der Waals surface area contributed by atoms with Crippen LogP contribution in [0.25, 0.3) is 0 Å². The summed E-state index contributed by atoms with van der Waals surface area (Å²) in [6.07, 6.45) is 7.01. The summed E-state index contributed by atoms with van der Waals surface area (Å²) in [5.74, 6) is 2.09. The third kappa shape index (κ3) is 4.39. The van der Waals surface area contributed by atoms with Gasteiger partial charge in [0.15, 0.2) is 18.1 Å². The Morgan fingerprint density at radius 2 is 1.73 bits per heavy atom. The predicted octanol–water partition coefficient (Wildman–Crippen LogP) is 4.38. The molecule has 1 N–H and O–H groups in total. The van der Waals surface area contributed by atoms with Gasteiger partial charge in [-0.1, -0.05) is 11.6 Å². The normalized spacial score (nSPS) is 29.0. The van der Waals surface area contributed by atoms with E-state index in [-0.39, 0.29) is 34.7 Å². The van der Waals surface area contributed by atoms with Crippen LogP contribution in [0.4, 0.5) is 0 Å². The lowest BCUT2D eigenvalue weighted by Gasteiger charge is -2.56. The van der Waals surface area contributed by atoms with E-state index < -0.39 is 5.97 Å². The van der Waals surface area contributed by atoms with Crippen molar-refractivity contribution in [2.45, 2.75) is 64.0 Å². The molecule has 4 fully saturated rings. The molecule has 5 rings (SSSR count). The zero-order chi connectivity index (χ0) is 21.5. The van der Waals surface area contributed by atoms with E-state index in [0.29, 0.717) is 11.5 Å². The van der Waals surface area contributed by atoms with Crippen molar-refractivity contribution in [1.29, 1.82) is 0 Å². The number of hydrogen-bond acceptors (Lipinski definition) is 5. The van der Waals surface area contributed by atoms with Crippen molar-refractivity contribution >= 4 is 23.5 Å². The van der Waals surface area contributed by atoms with Crippen molar-refractivity contribution < 1.29 is 23.8 Å². The van der Waals surface area contributed by atoms with E-state index in [9.17, 15) is 9.59 Å². The van der Waals surface area contributed by atoms with E-state index >= 15 is 0 Å². The van der Waals surface area contributed by atoms with E-state index in [1.54, 1.807) is 0 Å². The van der Waals surface area contributed by atoms with Crippen LogP contribution in [-0.2, 0) is 9.53 Å². The third-order valence-corrected chi connectivity index (χ3v) is 6.88. The molecule has 0 spiro atoms. The van der Waals surface area contributed by atoms with Gasteiger partial charge in [-0.2, -0.15) is 0 Å². The number of amides is 1. The van der Waals surface area contributed by atoms with Gasteiger partial charge in [0.25, 0.3) is 5.91 Å². The molecule has 30 heavy (non-hydrogen) atoms. The third-order valence-electron chi connectivity index (χ3n) is 6.60. The highest BCUT2D eigenvalue weighted by molar-refractivity contribution is 6.32. The second-order valence-corrected chi connectivity index (χ2v) is 9.89. The van der Waals surface area contributed by atoms with Gasteiger partial charge in [-0.25, -0.2) is 4.79 Å². The first-order valence-electron chi connectivity index (χ1n) is 10.8. The molecule has 0 unspecified atom stereocenters. The Hall–Kier alpha value is -1.95. The highest BCUT2D eigenvalue weighted by Gasteiger charge is 2.51. The van der Waals surface area contributed by atoms with Crippen LogP contribution in [-0.4, -0.2) is 37.2 Å². The molecular weight excluding hydrogens is 406 g/mol. The molecule has 0 radical (unpaired) electrons. The van der Waals surface area contributed by atoms with Crippen LogP contribution in [0.1, 0.15) is 62.7 Å². The van der Waals surface area contributed by atoms with Gasteiger partial charge in [-0.3, -0.25) is 4.79 Å². The molecule has 1 aromatic carbocycles. The molecule has 0 saturated heterocycles. The fourth-order valence-corrected chi connectivity index (χ4v) is 6.25. The molecule has 4 bridgehead atoms. The summed E-state index contributed by atoms with van der Waals surface area (Å²) >= 11 is 6.28. The number of hydrogen-bond donors (Lipinski definition) is 1. The van der Waals surface area contributed by atoms with Crippen LogP contribution in [0.2, 0.25) is 5.02 Å². The van der Waals surface area contributed by atoms with E-state index in [0.717, 1.165) is 37.0 Å². The summed E-state index contributed by atoms with van der Waals surface area (Å²) in [5.41, 5.74) is 0.121. The van der Waals surface area contributed by atoms with Crippen LogP contribution >= 0.6 is 11.6 Å². The summed E-state index contributed by atoms with van der Waals surface area (Å²) < 4.78 is 16.2. The highest BCUT2D eigenvalue weighted by Crippen LogP contribution is 2.55. The second kappa shape index (κ2) is 8.29. The van der Waals surface area contributed by atoms with Crippen molar-refractivity contribution in [3.63, 3.8) is 0 Å². The Kier molecular flexibility index (Phi) is 5.88. The molecule has 4 aliphatic carbocycles. The number of halogens is 1. The number of benzene rings is 1. The first-order valence-corrected chi connectivity index (χ1v) is 11.2. The molecule has 0 aliphatic heterocycles. The average molecular weight is 436 g/mol. The molecule has 4 aliphatic rings. The molecular formula is C23H30ClNO5. The fourth-order valence-electron chi connectivity index (χ4n) is 6.00. The Labute approximate surface area is 182 Å². The zero-order valence-electron chi connectivity index (χ0n) is 17.8. The van der Waals surface area contributed by atoms with Crippen LogP contribution in [0.3, 0.4) is 0 Å². The van der Waals surface area contributed by atoms with Crippen molar-refractivity contribution in [2.75, 3.05) is 13.7 Å². The van der Waals surface area contributed by atoms with E-state index in [1.165, 1.54) is 38.5 Å². The number of carbonyl (C=O) groups excluding carboxylic acids is 2. The lowest BCUT2D eigenvalue weighted by Crippen LogP contribution is -2.60. The molecule has 0 atom stereocenters. The monoisotopic (exact) mass is 435 g/mol. The van der Waals surface area contributed by atoms with Crippen LogP contribution in [0.5, 0.6) is 11.5 Å². The quantitative estimate of drug-likeness (QED) is 0.643. The molecule has 1 aromatic rings. The minimum Gasteiger partial charge on any atom is -0.493 e. The van der Waals surface area contributed by atoms with Gasteiger partial charge >= 0.3 is 5.97 Å². The SMILES string of the molecule is COc1cc(C(=O)OCC(=O)NC23CC4CC(CC(C4)C2)C3)cc(Cl)c1OC(C)C. The smallest absolute Gasteiger partial charge is 0.338 e. The Bertz CT molecular complexity index is 802. The average Bonchev–Trinajstić information content (AvgIpc) is 2.65. The van der Waals surface area contributed by atoms with E-state index in [4.69, 9.17) is 25.8 Å². The summed E-state index contributed by atoms with van der Waals surface area (Å²) in [6, 6.07) is 2.99. The predicted molar refractivity (Wildman–Crippen MR) is 113 cm³/mol. The second-order valence-electron chi connectivity index (χ2n) is 9.48. The molecule has 164 valence electrons. The summed E-state index contributed by atoms with van der Waals surface area (Å²) in [7, 11) is 1.48. The first kappa shape index (κ1) is 21.3. The van der Waals surface area contributed by atoms with Crippen LogP contribution < -0.4 is 14.8 Å². The van der Waals surface area contributed by atoms with Gasteiger partial charge < -0.3 is 19.5 Å². The number of methoxy groups -OCH3 is 1. The minimum absolute atomic E-state index is 0.0949. The fraction of sp³-hybridized carbons (Fsp3) is 0.652. The zero-order valence-corrected chi connectivity index (χ0v) is 18.6. The lowest BCUT2D eigenvalue weighted by atomic mass is 9.53. The van der Waals surface area contributed by atoms with Gasteiger partial charge in [0.05, 0.1) is 23.8 Å². The summed E-state index contributed by atoms with van der Waals surface area (Å²) in [6.45, 7) is 3.45.